The minimum absolute atomic E-state index is 0.469. The average molecular weight is 324 g/mol. The van der Waals surface area contributed by atoms with Gasteiger partial charge in [-0.25, -0.2) is 4.98 Å². The number of hydrogen-bond donors (Lipinski definition) is 0. The molecule has 0 N–H and O–H groups in total. The highest BCUT2D eigenvalue weighted by Crippen LogP contribution is 2.37. The molecule has 0 atom stereocenters. The molecule has 0 bridgehead atoms. The van der Waals surface area contributed by atoms with Gasteiger partial charge in [0.25, 0.3) is 5.52 Å². The highest BCUT2D eigenvalue weighted by Gasteiger charge is 2.33. The maximum absolute atomic E-state index is 4.78. The van der Waals surface area contributed by atoms with Crippen molar-refractivity contribution >= 4 is 38.2 Å². The molecule has 120 valence electrons. The number of pyridine rings is 2. The maximum Gasteiger partial charge on any atom is 0.272 e. The lowest BCUT2D eigenvalue weighted by Gasteiger charge is -2.10. The molecule has 4 heterocycles. The molecule has 25 heavy (non-hydrogen) atoms. The Morgan fingerprint density at radius 3 is 2.68 bits per heavy atom. The molecule has 3 heteroatoms. The summed E-state index contributed by atoms with van der Waals surface area (Å²) in [6.45, 7) is 5.46. The molecule has 6 rings (SSSR count). The summed E-state index contributed by atoms with van der Waals surface area (Å²) in [6, 6.07) is 17.7. The predicted molar refractivity (Wildman–Crippen MR) is 101 cm³/mol. The summed E-state index contributed by atoms with van der Waals surface area (Å²) in [5.74, 6) is 0.469. The first-order valence-corrected chi connectivity index (χ1v) is 8.91. The first-order valence-electron chi connectivity index (χ1n) is 8.91. The Morgan fingerprint density at radius 1 is 0.960 bits per heavy atom. The van der Waals surface area contributed by atoms with Crippen LogP contribution in [-0.4, -0.2) is 9.67 Å². The quantitative estimate of drug-likeness (QED) is 0.321. The van der Waals surface area contributed by atoms with E-state index in [0.717, 1.165) is 12.1 Å². The number of nitrogens with zero attached hydrogens (tertiary/aromatic N) is 3. The normalized spacial score (nSPS) is 13.4. The number of benzene rings is 2. The molecule has 0 radical (unpaired) electrons. The lowest BCUT2D eigenvalue weighted by Crippen LogP contribution is -2.29. The van der Waals surface area contributed by atoms with E-state index < -0.39 is 0 Å². The molecule has 5 aromatic rings. The van der Waals surface area contributed by atoms with E-state index in [-0.39, 0.29) is 0 Å². The van der Waals surface area contributed by atoms with E-state index in [4.69, 9.17) is 4.98 Å². The van der Waals surface area contributed by atoms with Gasteiger partial charge >= 0.3 is 0 Å². The molecule has 0 spiro atoms. The third-order valence-corrected chi connectivity index (χ3v) is 5.64. The van der Waals surface area contributed by atoms with Crippen LogP contribution in [0.25, 0.3) is 38.2 Å². The van der Waals surface area contributed by atoms with Crippen molar-refractivity contribution in [3.63, 3.8) is 0 Å². The summed E-state index contributed by atoms with van der Waals surface area (Å²) >= 11 is 0. The Morgan fingerprint density at radius 2 is 1.80 bits per heavy atom. The molecule has 2 aromatic carbocycles. The summed E-state index contributed by atoms with van der Waals surface area (Å²) in [5, 5.41) is 4.04. The number of para-hydroxylation sites is 1. The van der Waals surface area contributed by atoms with Gasteiger partial charge in [-0.05, 0) is 29.7 Å². The minimum atomic E-state index is 0.469. The zero-order chi connectivity index (χ0) is 16.7. The summed E-state index contributed by atoms with van der Waals surface area (Å²) < 4.78 is 4.79. The summed E-state index contributed by atoms with van der Waals surface area (Å²) in [5.41, 5.74) is 7.71. The van der Waals surface area contributed by atoms with E-state index in [0.29, 0.717) is 5.92 Å². The van der Waals surface area contributed by atoms with Gasteiger partial charge in [-0.1, -0.05) is 48.7 Å². The van der Waals surface area contributed by atoms with Crippen LogP contribution >= 0.6 is 0 Å². The van der Waals surface area contributed by atoms with Crippen molar-refractivity contribution in [2.24, 2.45) is 0 Å². The smallest absolute Gasteiger partial charge is 0.247 e. The highest BCUT2D eigenvalue weighted by atomic mass is 15.4. The van der Waals surface area contributed by atoms with Gasteiger partial charge in [0.15, 0.2) is 5.52 Å². The Labute approximate surface area is 145 Å². The minimum Gasteiger partial charge on any atom is -0.247 e. The van der Waals surface area contributed by atoms with E-state index in [1.165, 1.54) is 43.8 Å². The Bertz CT molecular complexity index is 1340. The van der Waals surface area contributed by atoms with Gasteiger partial charge in [0.2, 0.25) is 5.52 Å². The SMILES string of the molecule is CC(C)c1cccc2c3cccc4c3[n+]3c(c5ncccc5n3C4)c12. The van der Waals surface area contributed by atoms with Crippen LogP contribution in [0, 0.1) is 0 Å². The van der Waals surface area contributed by atoms with Crippen LogP contribution in [0.3, 0.4) is 0 Å². The van der Waals surface area contributed by atoms with Gasteiger partial charge < -0.3 is 0 Å². The Kier molecular flexibility index (Phi) is 2.33. The largest absolute Gasteiger partial charge is 0.272 e. The third kappa shape index (κ3) is 1.47. The number of fused-ring (bicyclic) bond motifs is 6. The first kappa shape index (κ1) is 13.4. The fraction of sp³-hybridized carbons (Fsp3) is 0.182. The van der Waals surface area contributed by atoms with E-state index in [1.807, 2.05) is 12.3 Å². The van der Waals surface area contributed by atoms with Crippen LogP contribution in [0.2, 0.25) is 0 Å². The molecule has 0 unspecified atom stereocenters. The molecular weight excluding hydrogens is 306 g/mol. The van der Waals surface area contributed by atoms with Gasteiger partial charge in [0.1, 0.15) is 12.1 Å². The van der Waals surface area contributed by atoms with E-state index in [2.05, 4.69) is 65.5 Å². The number of rotatable bonds is 1. The first-order chi connectivity index (χ1) is 12.3. The van der Waals surface area contributed by atoms with Gasteiger partial charge in [-0.2, -0.15) is 0 Å². The lowest BCUT2D eigenvalue weighted by atomic mass is 9.93. The molecule has 0 aliphatic carbocycles. The maximum atomic E-state index is 4.78. The van der Waals surface area contributed by atoms with Gasteiger partial charge in [0, 0.05) is 11.6 Å². The predicted octanol–water partition coefficient (Wildman–Crippen LogP) is 4.57. The fourth-order valence-corrected chi connectivity index (χ4v) is 4.62. The summed E-state index contributed by atoms with van der Waals surface area (Å²) in [4.78, 5) is 4.78. The molecule has 0 saturated carbocycles. The molecule has 3 nitrogen and oxygen atoms in total. The van der Waals surface area contributed by atoms with Crippen LogP contribution < -0.4 is 4.52 Å². The Hall–Kier alpha value is -2.94. The van der Waals surface area contributed by atoms with Crippen LogP contribution in [0.1, 0.15) is 30.9 Å². The Balaban J connectivity index is 2.07. The monoisotopic (exact) mass is 324 g/mol. The van der Waals surface area contributed by atoms with Crippen LogP contribution in [-0.2, 0) is 6.54 Å². The number of aromatic nitrogens is 3. The molecule has 0 amide bonds. The van der Waals surface area contributed by atoms with Crippen LogP contribution in [0.15, 0.2) is 54.7 Å². The highest BCUT2D eigenvalue weighted by molar-refractivity contribution is 6.16. The van der Waals surface area contributed by atoms with Gasteiger partial charge in [0.05, 0.1) is 16.3 Å². The van der Waals surface area contributed by atoms with Crippen LogP contribution in [0.4, 0.5) is 0 Å². The zero-order valence-corrected chi connectivity index (χ0v) is 14.3. The second-order valence-electron chi connectivity index (χ2n) is 7.33. The molecule has 1 aliphatic heterocycles. The van der Waals surface area contributed by atoms with Crippen molar-refractivity contribution in [1.82, 2.24) is 9.67 Å². The second-order valence-corrected chi connectivity index (χ2v) is 7.33. The second kappa shape index (κ2) is 4.37. The summed E-state index contributed by atoms with van der Waals surface area (Å²) in [7, 11) is 0. The van der Waals surface area contributed by atoms with Crippen molar-refractivity contribution < 1.29 is 4.52 Å². The standard InChI is InChI=1S/C22H18N3/c1-13(2)15-7-4-8-16-17-9-3-6-14-12-24-18-10-5-11-23-20(18)22(19(15)16)25(24)21(14)17/h3-11,13H,12H2,1-2H3/q+1. The van der Waals surface area contributed by atoms with Crippen molar-refractivity contribution in [2.45, 2.75) is 26.3 Å². The molecule has 0 saturated heterocycles. The van der Waals surface area contributed by atoms with Crippen molar-refractivity contribution in [2.75, 3.05) is 0 Å². The van der Waals surface area contributed by atoms with Gasteiger partial charge in [-0.3, -0.25) is 0 Å². The van der Waals surface area contributed by atoms with Crippen molar-refractivity contribution in [3.8, 4) is 0 Å². The third-order valence-electron chi connectivity index (χ3n) is 5.64. The fourth-order valence-electron chi connectivity index (χ4n) is 4.62. The van der Waals surface area contributed by atoms with E-state index in [1.54, 1.807) is 0 Å². The van der Waals surface area contributed by atoms with Crippen LogP contribution in [0.5, 0.6) is 0 Å². The van der Waals surface area contributed by atoms with E-state index in [9.17, 15) is 0 Å². The summed E-state index contributed by atoms with van der Waals surface area (Å²) in [6.07, 6.45) is 1.91. The average Bonchev–Trinajstić information content (AvgIpc) is 3.16. The molecule has 1 aliphatic rings. The van der Waals surface area contributed by atoms with Crippen molar-refractivity contribution in [1.29, 1.82) is 0 Å². The molecular formula is C22H18N3+. The molecule has 0 fully saturated rings. The lowest BCUT2D eigenvalue weighted by molar-refractivity contribution is -0.570. The van der Waals surface area contributed by atoms with Gasteiger partial charge in [-0.15, -0.1) is 4.68 Å². The number of hydrogen-bond acceptors (Lipinski definition) is 1. The topological polar surface area (TPSA) is 21.9 Å². The van der Waals surface area contributed by atoms with E-state index >= 15 is 0 Å². The van der Waals surface area contributed by atoms with Crippen molar-refractivity contribution in [3.05, 3.63) is 65.9 Å². The molecule has 3 aromatic heterocycles. The zero-order valence-electron chi connectivity index (χ0n) is 14.3.